The zero-order valence-corrected chi connectivity index (χ0v) is 23.6. The van der Waals surface area contributed by atoms with E-state index in [0.29, 0.717) is 18.3 Å². The van der Waals surface area contributed by atoms with E-state index in [-0.39, 0.29) is 47.4 Å². The Hall–Kier alpha value is -1.82. The van der Waals surface area contributed by atoms with Crippen molar-refractivity contribution < 1.29 is 34.7 Å². The summed E-state index contributed by atoms with van der Waals surface area (Å²) in [5.41, 5.74) is 1.22. The van der Waals surface area contributed by atoms with Gasteiger partial charge >= 0.3 is 0 Å². The summed E-state index contributed by atoms with van der Waals surface area (Å²) >= 11 is 0. The average molecular weight is 565 g/mol. The van der Waals surface area contributed by atoms with Crippen molar-refractivity contribution in [2.75, 3.05) is 26.4 Å². The minimum absolute atomic E-state index is 0.0497. The molecular weight excluding hydrogens is 528 g/mol. The molecule has 0 heterocycles. The molecule has 4 bridgehead atoms. The summed E-state index contributed by atoms with van der Waals surface area (Å²) in [7, 11) is -7.67. The van der Waals surface area contributed by atoms with Crippen molar-refractivity contribution in [2.45, 2.75) is 73.4 Å². The maximum Gasteiger partial charge on any atom is 0.297 e. The number of rotatable bonds is 12. The summed E-state index contributed by atoms with van der Waals surface area (Å²) in [5.74, 6) is 0.955. The van der Waals surface area contributed by atoms with Crippen LogP contribution in [0.25, 0.3) is 0 Å². The molecule has 8 nitrogen and oxygen atoms in total. The Labute approximate surface area is 225 Å². The number of aryl methyl sites for hydroxylation is 2. The first-order chi connectivity index (χ1) is 18.0. The predicted octanol–water partition coefficient (Wildman–Crippen LogP) is 4.54. The maximum absolute atomic E-state index is 12.5. The molecule has 4 saturated carbocycles. The van der Waals surface area contributed by atoms with E-state index in [0.717, 1.165) is 43.2 Å². The lowest BCUT2D eigenvalue weighted by molar-refractivity contribution is -0.239. The number of benzene rings is 2. The first kappa shape index (κ1) is 27.7. The third-order valence-electron chi connectivity index (χ3n) is 8.03. The fraction of sp³-hybridized carbons (Fsp3) is 0.571. The van der Waals surface area contributed by atoms with Gasteiger partial charge < -0.3 is 9.47 Å². The Bertz CT molecular complexity index is 1220. The Morgan fingerprint density at radius 3 is 1.37 bits per heavy atom. The molecule has 0 N–H and O–H groups in total. The number of ether oxygens (including phenoxy) is 2. The Morgan fingerprint density at radius 1 is 0.632 bits per heavy atom. The van der Waals surface area contributed by atoms with E-state index in [9.17, 15) is 16.8 Å². The molecular formula is C28H36O8S2. The van der Waals surface area contributed by atoms with Crippen LogP contribution in [0.1, 0.15) is 49.7 Å². The van der Waals surface area contributed by atoms with Crippen LogP contribution in [0.2, 0.25) is 0 Å². The normalized spacial score (nSPS) is 28.6. The molecule has 0 atom stereocenters. The summed E-state index contributed by atoms with van der Waals surface area (Å²) in [6, 6.07) is 13.1. The van der Waals surface area contributed by atoms with Gasteiger partial charge in [0, 0.05) is 6.42 Å². The first-order valence-corrected chi connectivity index (χ1v) is 16.0. The van der Waals surface area contributed by atoms with E-state index < -0.39 is 20.2 Å². The van der Waals surface area contributed by atoms with E-state index in [4.69, 9.17) is 17.8 Å². The lowest BCUT2D eigenvalue weighted by Crippen LogP contribution is -2.61. The average Bonchev–Trinajstić information content (AvgIpc) is 2.84. The third-order valence-corrected chi connectivity index (χ3v) is 10.7. The SMILES string of the molecule is Cc1ccc(S(=O)(=O)OCCOC23CC4CC(C2)CC(OCCOS(=O)(=O)c2ccc(C)cc2)(C4)C3)cc1. The van der Waals surface area contributed by atoms with Crippen molar-refractivity contribution in [1.82, 2.24) is 0 Å². The van der Waals surface area contributed by atoms with Crippen LogP contribution in [0, 0.1) is 25.7 Å². The molecule has 0 aliphatic heterocycles. The van der Waals surface area contributed by atoms with Crippen LogP contribution in [0.5, 0.6) is 0 Å². The molecule has 4 aliphatic carbocycles. The molecule has 0 saturated heterocycles. The smallest absolute Gasteiger partial charge is 0.297 e. The van der Waals surface area contributed by atoms with Crippen molar-refractivity contribution in [3.05, 3.63) is 59.7 Å². The van der Waals surface area contributed by atoms with Crippen LogP contribution in [-0.2, 0) is 38.1 Å². The molecule has 10 heteroatoms. The first-order valence-electron chi connectivity index (χ1n) is 13.2. The predicted molar refractivity (Wildman–Crippen MR) is 141 cm³/mol. The molecule has 2 aromatic carbocycles. The van der Waals surface area contributed by atoms with Crippen molar-refractivity contribution in [2.24, 2.45) is 11.8 Å². The molecule has 0 amide bonds. The van der Waals surface area contributed by atoms with Crippen LogP contribution in [0.3, 0.4) is 0 Å². The van der Waals surface area contributed by atoms with Gasteiger partial charge in [0.2, 0.25) is 0 Å². The second-order valence-corrected chi connectivity index (χ2v) is 14.4. The summed E-state index contributed by atoms with van der Waals surface area (Å²) in [6.45, 7) is 4.05. The fourth-order valence-electron chi connectivity index (χ4n) is 6.78. The second kappa shape index (κ2) is 10.6. The lowest BCUT2D eigenvalue weighted by atomic mass is 9.52. The Balaban J connectivity index is 1.13. The highest BCUT2D eigenvalue weighted by Gasteiger charge is 2.59. The van der Waals surface area contributed by atoms with E-state index in [1.54, 1.807) is 48.5 Å². The third kappa shape index (κ3) is 6.16. The van der Waals surface area contributed by atoms with Crippen molar-refractivity contribution in [3.63, 3.8) is 0 Å². The zero-order chi connectivity index (χ0) is 27.0. The largest absolute Gasteiger partial charge is 0.372 e. The zero-order valence-electron chi connectivity index (χ0n) is 21.9. The highest BCUT2D eigenvalue weighted by atomic mass is 32.2. The molecule has 4 fully saturated rings. The van der Waals surface area contributed by atoms with Gasteiger partial charge in [-0.3, -0.25) is 8.37 Å². The van der Waals surface area contributed by atoms with Crippen molar-refractivity contribution in [1.29, 1.82) is 0 Å². The minimum Gasteiger partial charge on any atom is -0.372 e. The van der Waals surface area contributed by atoms with Crippen LogP contribution in [0.4, 0.5) is 0 Å². The molecule has 38 heavy (non-hydrogen) atoms. The fourth-order valence-corrected chi connectivity index (χ4v) is 8.57. The monoisotopic (exact) mass is 564 g/mol. The highest BCUT2D eigenvalue weighted by Crippen LogP contribution is 2.60. The van der Waals surface area contributed by atoms with Gasteiger partial charge in [-0.15, -0.1) is 0 Å². The van der Waals surface area contributed by atoms with E-state index in [2.05, 4.69) is 0 Å². The molecule has 4 aliphatic rings. The van der Waals surface area contributed by atoms with Gasteiger partial charge in [0.05, 0.1) is 47.4 Å². The Morgan fingerprint density at radius 2 is 1.00 bits per heavy atom. The van der Waals surface area contributed by atoms with Crippen LogP contribution in [-0.4, -0.2) is 54.5 Å². The second-order valence-electron chi connectivity index (χ2n) is 11.2. The summed E-state index contributed by atoms with van der Waals surface area (Å²) in [6.07, 6.45) is 5.57. The summed E-state index contributed by atoms with van der Waals surface area (Å²) in [4.78, 5) is 0.272. The van der Waals surface area contributed by atoms with Gasteiger partial charge in [0.25, 0.3) is 20.2 Å². The lowest BCUT2D eigenvalue weighted by Gasteiger charge is -2.61. The standard InChI is InChI=1S/C28H36O8S2/c1-21-3-7-25(8-4-21)37(29,30)35-13-11-33-27-16-23-15-24(17-27)19-28(18-23,20-27)34-12-14-36-38(31,32)26-9-5-22(2)6-10-26/h3-10,23-24H,11-20H2,1-2H3. The van der Waals surface area contributed by atoms with Crippen LogP contribution in [0.15, 0.2) is 58.3 Å². The molecule has 208 valence electrons. The van der Waals surface area contributed by atoms with Crippen LogP contribution >= 0.6 is 0 Å². The topological polar surface area (TPSA) is 105 Å². The number of hydrogen-bond donors (Lipinski definition) is 0. The molecule has 0 aromatic heterocycles. The van der Waals surface area contributed by atoms with Gasteiger partial charge in [-0.2, -0.15) is 16.8 Å². The van der Waals surface area contributed by atoms with Gasteiger partial charge in [-0.05, 0) is 82.1 Å². The quantitative estimate of drug-likeness (QED) is 0.273. The molecule has 0 radical (unpaired) electrons. The van der Waals surface area contributed by atoms with Gasteiger partial charge in [0.1, 0.15) is 0 Å². The van der Waals surface area contributed by atoms with Crippen LogP contribution < -0.4 is 0 Å². The number of hydrogen-bond acceptors (Lipinski definition) is 8. The van der Waals surface area contributed by atoms with E-state index in [1.807, 2.05) is 13.8 Å². The Kier molecular flexibility index (Phi) is 7.76. The van der Waals surface area contributed by atoms with Crippen molar-refractivity contribution in [3.8, 4) is 0 Å². The summed E-state index contributed by atoms with van der Waals surface area (Å²) < 4.78 is 73.1. The van der Waals surface area contributed by atoms with E-state index >= 15 is 0 Å². The molecule has 2 aromatic rings. The molecule has 0 spiro atoms. The minimum atomic E-state index is -3.83. The van der Waals surface area contributed by atoms with E-state index in [1.165, 1.54) is 0 Å². The van der Waals surface area contributed by atoms with Gasteiger partial charge in [0.15, 0.2) is 0 Å². The van der Waals surface area contributed by atoms with Crippen molar-refractivity contribution >= 4 is 20.2 Å². The molecule has 0 unspecified atom stereocenters. The maximum atomic E-state index is 12.5. The van der Waals surface area contributed by atoms with Gasteiger partial charge in [-0.1, -0.05) is 35.4 Å². The molecule has 6 rings (SSSR count). The summed E-state index contributed by atoms with van der Waals surface area (Å²) in [5, 5.41) is 0. The van der Waals surface area contributed by atoms with Gasteiger partial charge in [-0.25, -0.2) is 0 Å². The highest BCUT2D eigenvalue weighted by molar-refractivity contribution is 7.87.